The van der Waals surface area contributed by atoms with E-state index in [1.807, 2.05) is 0 Å². The molecular weight excluding hydrogens is 684 g/mol. The Balaban J connectivity index is 1.21. The maximum absolute atomic E-state index is 14.5. The zero-order chi connectivity index (χ0) is 38.6. The van der Waals surface area contributed by atoms with Crippen molar-refractivity contribution in [2.45, 2.75) is 161 Å². The van der Waals surface area contributed by atoms with E-state index in [0.717, 1.165) is 44.1 Å². The fourth-order valence-corrected chi connectivity index (χ4v) is 12.8. The van der Waals surface area contributed by atoms with Crippen molar-refractivity contribution in [3.63, 3.8) is 0 Å². The molecule has 5 aliphatic carbocycles. The first kappa shape index (κ1) is 39.8. The number of ether oxygens (including phenoxy) is 4. The van der Waals surface area contributed by atoms with Crippen LogP contribution >= 0.6 is 0 Å². The molecule has 0 spiro atoms. The van der Waals surface area contributed by atoms with Crippen molar-refractivity contribution in [1.82, 2.24) is 0 Å². The Hall–Kier alpha value is -1.45. The summed E-state index contributed by atoms with van der Waals surface area (Å²) in [6.45, 7) is 15.6. The van der Waals surface area contributed by atoms with E-state index in [9.17, 15) is 40.5 Å². The summed E-state index contributed by atoms with van der Waals surface area (Å²) in [6, 6.07) is 0. The predicted molar refractivity (Wildman–Crippen MR) is 191 cm³/mol. The van der Waals surface area contributed by atoms with Gasteiger partial charge in [0.25, 0.3) is 0 Å². The van der Waals surface area contributed by atoms with Crippen LogP contribution in [0.15, 0.2) is 23.3 Å². The Bertz CT molecular complexity index is 1480. The maximum Gasteiger partial charge on any atom is 0.318 e. The molecule has 7 N–H and O–H groups in total. The maximum atomic E-state index is 14.5. The number of allylic oxidation sites excluding steroid dienone is 3. The molecule has 0 aromatic heterocycles. The van der Waals surface area contributed by atoms with Gasteiger partial charge in [0.2, 0.25) is 6.29 Å². The van der Waals surface area contributed by atoms with Crippen LogP contribution in [0.25, 0.3) is 0 Å². The van der Waals surface area contributed by atoms with Gasteiger partial charge in [0, 0.05) is 0 Å². The molecule has 2 saturated heterocycles. The van der Waals surface area contributed by atoms with E-state index in [-0.39, 0.29) is 46.2 Å². The third-order valence-corrected chi connectivity index (χ3v) is 16.5. The molecule has 3 saturated carbocycles. The van der Waals surface area contributed by atoms with Crippen LogP contribution < -0.4 is 0 Å². The summed E-state index contributed by atoms with van der Waals surface area (Å²) < 4.78 is 23.7. The highest BCUT2D eigenvalue weighted by Crippen LogP contribution is 2.74. The van der Waals surface area contributed by atoms with E-state index in [0.29, 0.717) is 24.7 Å². The smallest absolute Gasteiger partial charge is 0.318 e. The van der Waals surface area contributed by atoms with Gasteiger partial charge in [-0.1, -0.05) is 60.6 Å². The summed E-state index contributed by atoms with van der Waals surface area (Å²) in [5.74, 6) is 0.501. The second kappa shape index (κ2) is 13.6. The van der Waals surface area contributed by atoms with Gasteiger partial charge < -0.3 is 54.7 Å². The average Bonchev–Trinajstić information content (AvgIpc) is 3.11. The number of fused-ring (bicyclic) bond motifs is 6. The summed E-state index contributed by atoms with van der Waals surface area (Å²) in [4.78, 5) is 14.5. The van der Waals surface area contributed by atoms with Crippen LogP contribution in [0.3, 0.4) is 0 Å². The van der Waals surface area contributed by atoms with E-state index in [1.54, 1.807) is 0 Å². The van der Waals surface area contributed by atoms with Gasteiger partial charge in [-0.2, -0.15) is 0 Å². The first-order valence-corrected chi connectivity index (χ1v) is 20.0. The zero-order valence-corrected chi connectivity index (χ0v) is 32.5. The molecule has 5 fully saturated rings. The summed E-state index contributed by atoms with van der Waals surface area (Å²) in [5.41, 5.74) is 0.720. The molecule has 7 aliphatic rings. The normalized spacial score (nSPS) is 53.5. The van der Waals surface area contributed by atoms with E-state index < -0.39 is 73.3 Å². The summed E-state index contributed by atoms with van der Waals surface area (Å²) in [6.07, 6.45) is -1.39. The molecule has 53 heavy (non-hydrogen) atoms. The topological polar surface area (TPSA) is 196 Å². The number of hydrogen-bond donors (Lipinski definition) is 7. The van der Waals surface area contributed by atoms with Gasteiger partial charge in [0.05, 0.1) is 24.7 Å². The van der Waals surface area contributed by atoms with Gasteiger partial charge in [-0.15, -0.1) is 0 Å². The first-order chi connectivity index (χ1) is 24.8. The van der Waals surface area contributed by atoms with Gasteiger partial charge in [-0.25, -0.2) is 0 Å². The molecule has 12 heteroatoms. The van der Waals surface area contributed by atoms with Crippen molar-refractivity contribution < 1.29 is 59.5 Å². The van der Waals surface area contributed by atoms with Crippen molar-refractivity contribution in [3.05, 3.63) is 23.3 Å². The average molecular weight is 749 g/mol. The summed E-state index contributed by atoms with van der Waals surface area (Å²) in [7, 11) is 0. The minimum Gasteiger partial charge on any atom is -0.432 e. The highest BCUT2D eigenvalue weighted by atomic mass is 16.7. The number of rotatable bonds is 5. The highest BCUT2D eigenvalue weighted by Gasteiger charge is 2.68. The Kier molecular flexibility index (Phi) is 10.2. The molecule has 0 aromatic rings. The lowest BCUT2D eigenvalue weighted by Gasteiger charge is -2.69. The Morgan fingerprint density at radius 1 is 0.830 bits per heavy atom. The second-order valence-electron chi connectivity index (χ2n) is 19.2. The zero-order valence-electron chi connectivity index (χ0n) is 32.5. The van der Waals surface area contributed by atoms with Crippen molar-refractivity contribution >= 4 is 5.97 Å². The third-order valence-electron chi connectivity index (χ3n) is 16.5. The fourth-order valence-electron chi connectivity index (χ4n) is 12.8. The first-order valence-electron chi connectivity index (χ1n) is 20.0. The number of hydrogen-bond acceptors (Lipinski definition) is 12. The molecule has 0 aromatic carbocycles. The van der Waals surface area contributed by atoms with Crippen LogP contribution in [0.2, 0.25) is 0 Å². The molecule has 12 nitrogen and oxygen atoms in total. The molecule has 7 rings (SSSR count). The Morgan fingerprint density at radius 2 is 1.53 bits per heavy atom. The molecule has 0 radical (unpaired) electrons. The largest absolute Gasteiger partial charge is 0.432 e. The van der Waals surface area contributed by atoms with E-state index in [1.165, 1.54) is 5.57 Å². The number of carbonyl (C=O) groups is 1. The molecule has 300 valence electrons. The highest BCUT2D eigenvalue weighted by molar-refractivity contribution is 5.82. The molecular formula is C41H64O12. The molecule has 18 atom stereocenters. The molecule has 2 heterocycles. The SMILES string of the molecule is C[C@@H]1CC[C@]2(C(=O)O[C@@H]3O[C@H](CO)[C@@H](O)[C@H](O)[C@H]3O)CC[C@]3(C)C(=C2[C@H]1C)C=C[C@@H]1[C@@]2(C)CC[C@H](O[C@@H]4OC[C@H](O)[C@H](O)[C@H]4O)C(C)(C)C2CC[C@]13C. The van der Waals surface area contributed by atoms with Gasteiger partial charge >= 0.3 is 5.97 Å². The summed E-state index contributed by atoms with van der Waals surface area (Å²) >= 11 is 0. The molecule has 2 aliphatic heterocycles. The summed E-state index contributed by atoms with van der Waals surface area (Å²) in [5, 5.41) is 72.3. The van der Waals surface area contributed by atoms with Crippen LogP contribution in [0.5, 0.6) is 0 Å². The van der Waals surface area contributed by atoms with Crippen molar-refractivity contribution in [3.8, 4) is 0 Å². The minimum absolute atomic E-state index is 0.0597. The van der Waals surface area contributed by atoms with Crippen molar-refractivity contribution in [2.75, 3.05) is 13.2 Å². The van der Waals surface area contributed by atoms with Gasteiger partial charge in [0.1, 0.15) is 42.7 Å². The molecule has 0 bridgehead atoms. The number of aliphatic hydroxyl groups is 7. The lowest BCUT2D eigenvalue weighted by molar-refractivity contribution is -0.306. The van der Waals surface area contributed by atoms with E-state index in [4.69, 9.17) is 18.9 Å². The minimum atomic E-state index is -1.66. The van der Waals surface area contributed by atoms with Crippen LogP contribution in [0.1, 0.15) is 99.8 Å². The predicted octanol–water partition coefficient (Wildman–Crippen LogP) is 2.73. The van der Waals surface area contributed by atoms with Gasteiger partial charge in [-0.3, -0.25) is 4.79 Å². The molecule has 0 amide bonds. The number of carbonyl (C=O) groups excluding carboxylic acids is 1. The fraction of sp³-hybridized carbons (Fsp3) is 0.878. The lowest BCUT2D eigenvalue weighted by atomic mass is 9.35. The quantitative estimate of drug-likeness (QED) is 0.161. The van der Waals surface area contributed by atoms with Gasteiger partial charge in [-0.05, 0) is 108 Å². The van der Waals surface area contributed by atoms with Crippen molar-refractivity contribution in [2.24, 2.45) is 50.7 Å². The standard InChI is InChI=1S/C41H64O12/c1-20-10-15-41(36(49)53-35-33(48)31(46)30(45)24(18-42)51-35)17-16-39(6)22(28(41)21(20)2)8-9-26-38(5)13-12-27(37(3,4)25(38)11-14-40(26,39)7)52-34-32(47)29(44)23(43)19-50-34/h8-9,20-21,23-27,29-35,42-48H,10-19H2,1-7H3/t20-,21+,23+,24-,25?,26-,27+,29+,30-,31+,32-,33-,34+,35+,38+,39-,40-,41+/m1/s1. The van der Waals surface area contributed by atoms with Crippen LogP contribution in [-0.2, 0) is 23.7 Å². The number of aliphatic hydroxyl groups excluding tert-OH is 7. The third kappa shape index (κ3) is 5.70. The Morgan fingerprint density at radius 3 is 2.23 bits per heavy atom. The van der Waals surface area contributed by atoms with E-state index in [2.05, 4.69) is 60.6 Å². The van der Waals surface area contributed by atoms with E-state index >= 15 is 0 Å². The van der Waals surface area contributed by atoms with Crippen molar-refractivity contribution in [1.29, 1.82) is 0 Å². The monoisotopic (exact) mass is 748 g/mol. The van der Waals surface area contributed by atoms with Crippen LogP contribution in [0, 0.1) is 50.7 Å². The lowest BCUT2D eigenvalue weighted by Crippen LogP contribution is -2.64. The Labute approximate surface area is 313 Å². The van der Waals surface area contributed by atoms with Crippen LogP contribution in [-0.4, -0.2) is 116 Å². The van der Waals surface area contributed by atoms with Crippen LogP contribution in [0.4, 0.5) is 0 Å². The van der Waals surface area contributed by atoms with Gasteiger partial charge in [0.15, 0.2) is 6.29 Å². The second-order valence-corrected chi connectivity index (χ2v) is 19.2. The number of esters is 1. The molecule has 1 unspecified atom stereocenters.